The molecule has 0 heterocycles. The Kier molecular flexibility index (Phi) is 6.91. The van der Waals surface area contributed by atoms with Crippen molar-refractivity contribution in [3.63, 3.8) is 0 Å². The molecule has 3 N–H and O–H groups in total. The summed E-state index contributed by atoms with van der Waals surface area (Å²) in [5.41, 5.74) is 0.442. The van der Waals surface area contributed by atoms with Crippen LogP contribution in [0.3, 0.4) is 0 Å². The molecule has 0 aliphatic carbocycles. The van der Waals surface area contributed by atoms with E-state index in [0.717, 1.165) is 5.56 Å². The number of benzene rings is 1. The molecule has 0 saturated carbocycles. The van der Waals surface area contributed by atoms with Gasteiger partial charge in [-0.05, 0) is 32.6 Å². The second-order valence-electron chi connectivity index (χ2n) is 5.03. The van der Waals surface area contributed by atoms with Crippen molar-refractivity contribution in [2.75, 3.05) is 12.8 Å². The minimum Gasteiger partial charge on any atom is -0.336 e. The molecule has 0 aliphatic heterocycles. The van der Waals surface area contributed by atoms with E-state index in [-0.39, 0.29) is 5.17 Å². The zero-order valence-corrected chi connectivity index (χ0v) is 14.1. The number of amides is 4. The highest BCUT2D eigenvalue weighted by Gasteiger charge is 2.23. The third-order valence-corrected chi connectivity index (χ3v) is 3.45. The lowest BCUT2D eigenvalue weighted by molar-refractivity contribution is 0.235. The number of hydrogen-bond acceptors (Lipinski definition) is 3. The van der Waals surface area contributed by atoms with E-state index >= 15 is 0 Å². The lowest BCUT2D eigenvalue weighted by Crippen LogP contribution is -2.47. The van der Waals surface area contributed by atoms with Crippen LogP contribution >= 0.6 is 11.8 Å². The van der Waals surface area contributed by atoms with E-state index in [4.69, 9.17) is 0 Å². The Morgan fingerprint density at radius 1 is 1.23 bits per heavy atom. The first kappa shape index (κ1) is 18.0. The molecule has 0 atom stereocenters. The van der Waals surface area contributed by atoms with E-state index in [0.29, 0.717) is 6.54 Å². The van der Waals surface area contributed by atoms with E-state index in [1.807, 2.05) is 44.2 Å². The average Bonchev–Trinajstić information content (AvgIpc) is 2.47. The predicted molar refractivity (Wildman–Crippen MR) is 91.2 cm³/mol. The molecule has 0 unspecified atom stereocenters. The minimum absolute atomic E-state index is 0.243. The van der Waals surface area contributed by atoms with Gasteiger partial charge in [-0.25, -0.2) is 9.59 Å². The molecule has 1 aromatic carbocycles. The summed E-state index contributed by atoms with van der Waals surface area (Å²) in [6.45, 7) is 6.09. The topological polar surface area (TPSA) is 82.6 Å². The van der Waals surface area contributed by atoms with Gasteiger partial charge in [0.2, 0.25) is 0 Å². The van der Waals surface area contributed by atoms with Gasteiger partial charge in [-0.15, -0.1) is 0 Å². The van der Waals surface area contributed by atoms with Crippen molar-refractivity contribution in [1.29, 1.82) is 0 Å². The van der Waals surface area contributed by atoms with Gasteiger partial charge in [-0.2, -0.15) is 4.99 Å². The molecule has 0 bridgehead atoms. The number of hydrogen-bond donors (Lipinski definition) is 3. The maximum atomic E-state index is 12.1. The average molecular weight is 322 g/mol. The van der Waals surface area contributed by atoms with E-state index in [1.165, 1.54) is 11.8 Å². The molecule has 6 nitrogen and oxygen atoms in total. The molecule has 4 amide bonds. The van der Waals surface area contributed by atoms with Crippen molar-refractivity contribution >= 4 is 29.0 Å². The summed E-state index contributed by atoms with van der Waals surface area (Å²) >= 11 is 1.19. The molecular weight excluding hydrogens is 300 g/mol. The maximum Gasteiger partial charge on any atom is 0.343 e. The van der Waals surface area contributed by atoms with Crippen molar-refractivity contribution in [2.45, 2.75) is 26.3 Å². The molecule has 0 spiro atoms. The standard InChI is InChI=1S/C15H22N4O2S/c1-5-16-12(20)17-14(22-4)18-13(21)19-15(2,3)11-9-7-6-8-10-11/h6-10H,5H2,1-4H3,(H3,16,17,18,19,20,21). The van der Waals surface area contributed by atoms with Crippen molar-refractivity contribution in [1.82, 2.24) is 16.0 Å². The van der Waals surface area contributed by atoms with Crippen LogP contribution in [0.1, 0.15) is 26.3 Å². The van der Waals surface area contributed by atoms with Crippen molar-refractivity contribution in [3.05, 3.63) is 35.9 Å². The van der Waals surface area contributed by atoms with Crippen LogP contribution in [0.25, 0.3) is 0 Å². The summed E-state index contributed by atoms with van der Waals surface area (Å²) < 4.78 is 0. The Morgan fingerprint density at radius 3 is 2.41 bits per heavy atom. The van der Waals surface area contributed by atoms with Gasteiger partial charge in [0.1, 0.15) is 0 Å². The second kappa shape index (κ2) is 8.43. The normalized spacial score (nSPS) is 11.7. The molecular formula is C15H22N4O2S. The van der Waals surface area contributed by atoms with Gasteiger partial charge in [0.25, 0.3) is 0 Å². The summed E-state index contributed by atoms with van der Waals surface area (Å²) in [6.07, 6.45) is 1.74. The Bertz CT molecular complexity index is 544. The van der Waals surface area contributed by atoms with Gasteiger partial charge < -0.3 is 10.6 Å². The van der Waals surface area contributed by atoms with E-state index in [9.17, 15) is 9.59 Å². The molecule has 1 rings (SSSR count). The molecule has 120 valence electrons. The molecule has 1 aromatic rings. The molecule has 0 aliphatic rings. The van der Waals surface area contributed by atoms with E-state index < -0.39 is 17.6 Å². The molecule has 0 aromatic heterocycles. The summed E-state index contributed by atoms with van der Waals surface area (Å²) in [5, 5.41) is 8.24. The minimum atomic E-state index is -0.541. The zero-order valence-electron chi connectivity index (χ0n) is 13.3. The van der Waals surface area contributed by atoms with Crippen molar-refractivity contribution in [2.24, 2.45) is 4.99 Å². The number of amidine groups is 1. The largest absolute Gasteiger partial charge is 0.343 e. The smallest absolute Gasteiger partial charge is 0.336 e. The summed E-state index contributed by atoms with van der Waals surface area (Å²) in [7, 11) is 0. The van der Waals surface area contributed by atoms with Crippen LogP contribution in [0.2, 0.25) is 0 Å². The molecule has 0 saturated heterocycles. The fourth-order valence-corrected chi connectivity index (χ4v) is 2.12. The van der Waals surface area contributed by atoms with Gasteiger partial charge in [-0.3, -0.25) is 5.32 Å². The number of carbonyl (C=O) groups is 2. The highest BCUT2D eigenvalue weighted by molar-refractivity contribution is 8.13. The third-order valence-electron chi connectivity index (χ3n) is 2.87. The molecule has 22 heavy (non-hydrogen) atoms. The van der Waals surface area contributed by atoms with Gasteiger partial charge in [0.15, 0.2) is 5.17 Å². The third kappa shape index (κ3) is 5.77. The lowest BCUT2D eigenvalue weighted by atomic mass is 9.95. The zero-order chi connectivity index (χ0) is 16.6. The van der Waals surface area contributed by atoms with Gasteiger partial charge >= 0.3 is 12.1 Å². The van der Waals surface area contributed by atoms with Crippen molar-refractivity contribution in [3.8, 4) is 0 Å². The van der Waals surface area contributed by atoms with Crippen LogP contribution in [0, 0.1) is 0 Å². The van der Waals surface area contributed by atoms with Crippen LogP contribution in [-0.4, -0.2) is 30.0 Å². The highest BCUT2D eigenvalue weighted by atomic mass is 32.2. The summed E-state index contributed by atoms with van der Waals surface area (Å²) in [5.74, 6) is 0. The van der Waals surface area contributed by atoms with Crippen LogP contribution < -0.4 is 16.0 Å². The van der Waals surface area contributed by atoms with Crippen molar-refractivity contribution < 1.29 is 9.59 Å². The number of nitrogens with one attached hydrogen (secondary N) is 3. The Labute approximate surface area is 135 Å². The number of urea groups is 2. The SMILES string of the molecule is CCNC(=O)N=C(NC(=O)NC(C)(C)c1ccccc1)SC. The summed E-state index contributed by atoms with van der Waals surface area (Å²) in [6, 6.07) is 8.75. The predicted octanol–water partition coefficient (Wildman–Crippen LogP) is 2.67. The first-order valence-electron chi connectivity index (χ1n) is 6.94. The van der Waals surface area contributed by atoms with Crippen LogP contribution in [0.4, 0.5) is 9.59 Å². The quantitative estimate of drug-likeness (QED) is 0.591. The number of thioether (sulfide) groups is 1. The van der Waals surface area contributed by atoms with Gasteiger partial charge in [0.05, 0.1) is 5.54 Å². The first-order valence-corrected chi connectivity index (χ1v) is 8.16. The Balaban J connectivity index is 2.70. The fourth-order valence-electron chi connectivity index (χ4n) is 1.75. The second-order valence-corrected chi connectivity index (χ2v) is 5.82. The maximum absolute atomic E-state index is 12.1. The van der Waals surface area contributed by atoms with Gasteiger partial charge in [0, 0.05) is 6.54 Å². The molecule has 0 radical (unpaired) electrons. The van der Waals surface area contributed by atoms with E-state index in [1.54, 1.807) is 13.2 Å². The summed E-state index contributed by atoms with van der Waals surface area (Å²) in [4.78, 5) is 27.3. The number of rotatable bonds is 3. The van der Waals surface area contributed by atoms with Crippen LogP contribution in [-0.2, 0) is 5.54 Å². The fraction of sp³-hybridized carbons (Fsp3) is 0.400. The lowest BCUT2D eigenvalue weighted by Gasteiger charge is -2.27. The Morgan fingerprint density at radius 2 is 1.86 bits per heavy atom. The highest BCUT2D eigenvalue weighted by Crippen LogP contribution is 2.19. The Hall–Kier alpha value is -2.02. The van der Waals surface area contributed by atoms with Crippen LogP contribution in [0.5, 0.6) is 0 Å². The number of nitrogens with zero attached hydrogens (tertiary/aromatic N) is 1. The molecule has 7 heteroatoms. The van der Waals surface area contributed by atoms with Gasteiger partial charge in [-0.1, -0.05) is 42.1 Å². The van der Waals surface area contributed by atoms with E-state index in [2.05, 4.69) is 20.9 Å². The monoisotopic (exact) mass is 322 g/mol. The number of carbonyl (C=O) groups excluding carboxylic acids is 2. The number of aliphatic imine (C=N–C) groups is 1. The molecule has 0 fully saturated rings. The first-order chi connectivity index (χ1) is 10.4. The van der Waals surface area contributed by atoms with Crippen LogP contribution in [0.15, 0.2) is 35.3 Å².